The summed E-state index contributed by atoms with van der Waals surface area (Å²) >= 11 is 0. The lowest BCUT2D eigenvalue weighted by atomic mass is 9.67. The van der Waals surface area contributed by atoms with Crippen LogP contribution in [0.3, 0.4) is 0 Å². The fourth-order valence-corrected chi connectivity index (χ4v) is 7.25. The highest BCUT2D eigenvalue weighted by Gasteiger charge is 2.47. The average Bonchev–Trinajstić information content (AvgIpc) is 3.64. The molecule has 1 amide bonds. The van der Waals surface area contributed by atoms with E-state index in [9.17, 15) is 9.59 Å². The maximum Gasteiger partial charge on any atom is 0.324 e. The van der Waals surface area contributed by atoms with Crippen LogP contribution in [0.5, 0.6) is 0 Å². The molecular formula is C33H38N6O5. The van der Waals surface area contributed by atoms with Crippen molar-refractivity contribution >= 4 is 22.8 Å². The molecule has 0 saturated carbocycles. The number of nitrogens with one attached hydrogen (secondary N) is 1. The molecule has 3 aromatic heterocycles. The van der Waals surface area contributed by atoms with Gasteiger partial charge in [0.1, 0.15) is 12.1 Å². The summed E-state index contributed by atoms with van der Waals surface area (Å²) < 4.78 is 20.8. The van der Waals surface area contributed by atoms with E-state index in [1.807, 2.05) is 12.1 Å². The van der Waals surface area contributed by atoms with Crippen molar-refractivity contribution in [1.29, 1.82) is 0 Å². The minimum Gasteiger partial charge on any atom is -0.464 e. The van der Waals surface area contributed by atoms with Crippen LogP contribution in [-0.2, 0) is 32.0 Å². The van der Waals surface area contributed by atoms with Gasteiger partial charge in [-0.2, -0.15) is 0 Å². The average molecular weight is 599 g/mol. The molecule has 11 nitrogen and oxygen atoms in total. The summed E-state index contributed by atoms with van der Waals surface area (Å²) in [5, 5.41) is 2.50. The van der Waals surface area contributed by atoms with Crippen molar-refractivity contribution in [2.75, 3.05) is 20.3 Å². The van der Waals surface area contributed by atoms with Crippen LogP contribution >= 0.6 is 0 Å². The number of methoxy groups -OCH3 is 1. The normalized spacial score (nSPS) is 25.0. The van der Waals surface area contributed by atoms with Gasteiger partial charge in [0.2, 0.25) is 0 Å². The van der Waals surface area contributed by atoms with Crippen molar-refractivity contribution in [3.8, 4) is 22.6 Å². The molecule has 7 rings (SSSR count). The highest BCUT2D eigenvalue weighted by molar-refractivity contribution is 5.96. The third-order valence-electron chi connectivity index (χ3n) is 9.36. The number of hydrogen-bond acceptors (Lipinski definition) is 9. The lowest BCUT2D eigenvalue weighted by Gasteiger charge is -2.42. The van der Waals surface area contributed by atoms with Gasteiger partial charge in [0.05, 0.1) is 30.2 Å². The Labute approximate surface area is 255 Å². The number of rotatable bonds is 2. The first-order chi connectivity index (χ1) is 21.2. The molecule has 0 radical (unpaired) electrons. The Morgan fingerprint density at radius 1 is 1.20 bits per heavy atom. The third kappa shape index (κ3) is 4.53. The standard InChI is InChI=1S/C33H38N6O5/c1-5-38-23-11-10-18-14-20(23)26-27(30(42-4)28-19(29(26)38)8-6-12-35-28)33(2,3)17-43-32(41)22-9-7-13-39(37-22)31(40)21(34)15-25-36-16-24(18)44-25/h6,8,10-12,14,16,21-22,27,30,37H,5,7,9,13,15,17,34H2,1-4H3/t21-,22-,27?,30-/m0/s1. The molecule has 1 fully saturated rings. The first-order valence-corrected chi connectivity index (χ1v) is 15.3. The van der Waals surface area contributed by atoms with Crippen LogP contribution in [-0.4, -0.2) is 63.8 Å². The molecule has 2 aliphatic heterocycles. The zero-order chi connectivity index (χ0) is 30.7. The van der Waals surface area contributed by atoms with Gasteiger partial charge in [0.25, 0.3) is 5.91 Å². The van der Waals surface area contributed by atoms with E-state index in [4.69, 9.17) is 24.6 Å². The number of aryl methyl sites for hydroxylation is 1. The van der Waals surface area contributed by atoms with Crippen LogP contribution in [0, 0.1) is 5.41 Å². The lowest BCUT2D eigenvalue weighted by molar-refractivity contribution is -0.156. The SMILES string of the molecule is CCn1c2c3c4cc(ccc41)-c1cnc(o1)C[C@H](N)C(=O)N1CCC[C@H](N1)C(=O)OCC(C)(C)C3[C@H](OC)c1ncccc1-2. The van der Waals surface area contributed by atoms with Crippen molar-refractivity contribution in [2.45, 2.75) is 70.7 Å². The third-order valence-corrected chi connectivity index (χ3v) is 9.36. The Balaban J connectivity index is 1.44. The maximum atomic E-state index is 13.5. The summed E-state index contributed by atoms with van der Waals surface area (Å²) in [6.07, 6.45) is 4.44. The van der Waals surface area contributed by atoms with Gasteiger partial charge >= 0.3 is 5.97 Å². The Hall–Kier alpha value is -4.06. The van der Waals surface area contributed by atoms with Crippen LogP contribution in [0.4, 0.5) is 0 Å². The quantitative estimate of drug-likeness (QED) is 0.327. The number of nitrogens with zero attached hydrogens (tertiary/aromatic N) is 4. The first kappa shape index (κ1) is 28.7. The number of hydrazine groups is 1. The van der Waals surface area contributed by atoms with Gasteiger partial charge in [-0.15, -0.1) is 0 Å². The Morgan fingerprint density at radius 3 is 2.84 bits per heavy atom. The Bertz CT molecular complexity index is 1760. The Morgan fingerprint density at radius 2 is 2.05 bits per heavy atom. The number of carbonyl (C=O) groups is 2. The van der Waals surface area contributed by atoms with Crippen molar-refractivity contribution in [3.63, 3.8) is 0 Å². The summed E-state index contributed by atoms with van der Waals surface area (Å²) in [5.74, 6) is 0.0519. The number of cyclic esters (lactones) is 1. The van der Waals surface area contributed by atoms with Crippen molar-refractivity contribution in [1.82, 2.24) is 25.0 Å². The number of esters is 1. The lowest BCUT2D eigenvalue weighted by Crippen LogP contribution is -2.59. The van der Waals surface area contributed by atoms with Crippen LogP contribution in [0.15, 0.2) is 47.1 Å². The second-order valence-corrected chi connectivity index (χ2v) is 12.6. The maximum absolute atomic E-state index is 13.5. The number of benzene rings is 1. The largest absolute Gasteiger partial charge is 0.464 e. The molecule has 3 aliphatic rings. The van der Waals surface area contributed by atoms with E-state index in [-0.39, 0.29) is 31.0 Å². The Kier molecular flexibility index (Phi) is 7.06. The molecule has 4 aromatic rings. The molecule has 230 valence electrons. The fraction of sp³-hybridized carbons (Fsp3) is 0.455. The van der Waals surface area contributed by atoms with Crippen LogP contribution in [0.2, 0.25) is 0 Å². The number of hydrogen-bond donors (Lipinski definition) is 2. The topological polar surface area (TPSA) is 138 Å². The van der Waals surface area contributed by atoms with Crippen LogP contribution in [0.25, 0.3) is 33.5 Å². The van der Waals surface area contributed by atoms with E-state index in [1.54, 1.807) is 19.5 Å². The highest BCUT2D eigenvalue weighted by Crippen LogP contribution is 2.57. The van der Waals surface area contributed by atoms with Gasteiger partial charge in [0, 0.05) is 66.2 Å². The second kappa shape index (κ2) is 10.8. The molecule has 6 bridgehead atoms. The molecule has 5 heterocycles. The fourth-order valence-electron chi connectivity index (χ4n) is 7.25. The number of oxazole rings is 1. The molecule has 3 N–H and O–H groups in total. The molecular weight excluding hydrogens is 560 g/mol. The minimum absolute atomic E-state index is 0.131. The number of carbonyl (C=O) groups excluding carboxylic acids is 2. The van der Waals surface area contributed by atoms with Gasteiger partial charge in [0.15, 0.2) is 11.7 Å². The number of amides is 1. The molecule has 4 atom stereocenters. The molecule has 11 heteroatoms. The van der Waals surface area contributed by atoms with Gasteiger partial charge in [-0.05, 0) is 55.7 Å². The van der Waals surface area contributed by atoms with E-state index >= 15 is 0 Å². The number of aromatic nitrogens is 3. The van der Waals surface area contributed by atoms with Crippen molar-refractivity contribution < 1.29 is 23.5 Å². The zero-order valence-corrected chi connectivity index (χ0v) is 25.5. The predicted octanol–water partition coefficient (Wildman–Crippen LogP) is 4.11. The summed E-state index contributed by atoms with van der Waals surface area (Å²) in [6.45, 7) is 7.70. The summed E-state index contributed by atoms with van der Waals surface area (Å²) in [6, 6.07) is 8.82. The van der Waals surface area contributed by atoms with E-state index in [2.05, 4.69) is 53.9 Å². The van der Waals surface area contributed by atoms with Gasteiger partial charge < -0.3 is 24.2 Å². The second-order valence-electron chi connectivity index (χ2n) is 12.6. The van der Waals surface area contributed by atoms with Gasteiger partial charge in [-0.1, -0.05) is 13.8 Å². The molecule has 1 saturated heterocycles. The van der Waals surface area contributed by atoms with E-state index < -0.39 is 23.5 Å². The highest BCUT2D eigenvalue weighted by atomic mass is 16.5. The van der Waals surface area contributed by atoms with Gasteiger partial charge in [-0.25, -0.2) is 10.4 Å². The van der Waals surface area contributed by atoms with E-state index in [1.165, 1.54) is 5.01 Å². The minimum atomic E-state index is -0.880. The van der Waals surface area contributed by atoms with Crippen molar-refractivity contribution in [2.24, 2.45) is 11.1 Å². The number of nitrogens with two attached hydrogens (primary N) is 1. The monoisotopic (exact) mass is 598 g/mol. The molecule has 44 heavy (non-hydrogen) atoms. The van der Waals surface area contributed by atoms with E-state index in [0.717, 1.165) is 45.5 Å². The molecule has 1 aliphatic carbocycles. The van der Waals surface area contributed by atoms with Crippen LogP contribution in [0.1, 0.15) is 62.8 Å². The smallest absolute Gasteiger partial charge is 0.324 e. The van der Waals surface area contributed by atoms with Crippen LogP contribution < -0.4 is 11.2 Å². The molecule has 1 unspecified atom stereocenters. The summed E-state index contributed by atoms with van der Waals surface area (Å²) in [4.78, 5) is 36.0. The summed E-state index contributed by atoms with van der Waals surface area (Å²) in [5.41, 5.74) is 14.9. The predicted molar refractivity (Wildman–Crippen MR) is 163 cm³/mol. The van der Waals surface area contributed by atoms with Gasteiger partial charge in [-0.3, -0.25) is 19.6 Å². The van der Waals surface area contributed by atoms with Crippen molar-refractivity contribution in [3.05, 3.63) is 59.9 Å². The summed E-state index contributed by atoms with van der Waals surface area (Å²) in [7, 11) is 1.71. The molecule has 0 spiro atoms. The number of ether oxygens (including phenoxy) is 2. The van der Waals surface area contributed by atoms with E-state index in [0.29, 0.717) is 31.0 Å². The number of pyridine rings is 1. The first-order valence-electron chi connectivity index (χ1n) is 15.3. The molecule has 1 aromatic carbocycles. The number of fused-ring (bicyclic) bond motifs is 8. The zero-order valence-electron chi connectivity index (χ0n) is 25.5.